The van der Waals surface area contributed by atoms with Gasteiger partial charge in [0.05, 0.1) is 0 Å². The van der Waals surface area contributed by atoms with Gasteiger partial charge in [-0.15, -0.1) is 5.10 Å². The molecule has 0 unspecified atom stereocenters. The second-order valence-corrected chi connectivity index (χ2v) is 3.82. The van der Waals surface area contributed by atoms with Crippen molar-refractivity contribution in [1.29, 1.82) is 0 Å². The summed E-state index contributed by atoms with van der Waals surface area (Å²) in [5.74, 6) is 1.41. The number of halogens is 1. The fraction of sp³-hybridized carbons (Fsp3) is 0.200. The number of aromatic amines is 1. The van der Waals surface area contributed by atoms with Gasteiger partial charge in [-0.1, -0.05) is 11.6 Å². The summed E-state index contributed by atoms with van der Waals surface area (Å²) in [7, 11) is 3.80. The van der Waals surface area contributed by atoms with Crippen molar-refractivity contribution in [3.05, 3.63) is 29.3 Å². The number of hydrogen-bond acceptors (Lipinski definition) is 3. The van der Waals surface area contributed by atoms with E-state index in [-0.39, 0.29) is 0 Å². The molecule has 0 atom stereocenters. The Bertz CT molecular complexity index is 447. The minimum absolute atomic E-state index is 0.667. The lowest BCUT2D eigenvalue weighted by atomic mass is 10.2. The van der Waals surface area contributed by atoms with E-state index in [0.717, 1.165) is 11.4 Å². The average molecular weight is 223 g/mol. The Morgan fingerprint density at radius 2 is 1.87 bits per heavy atom. The molecule has 2 rings (SSSR count). The first kappa shape index (κ1) is 9.98. The molecule has 0 aliphatic carbocycles. The van der Waals surface area contributed by atoms with Gasteiger partial charge in [0.25, 0.3) is 0 Å². The third-order valence-electron chi connectivity index (χ3n) is 1.99. The van der Waals surface area contributed by atoms with E-state index in [1.54, 1.807) is 0 Å². The van der Waals surface area contributed by atoms with E-state index in [0.29, 0.717) is 11.0 Å². The van der Waals surface area contributed by atoms with Crippen LogP contribution in [0.3, 0.4) is 0 Å². The normalized spacial score (nSPS) is 10.3. The largest absolute Gasteiger partial charge is 0.346 e. The second kappa shape index (κ2) is 3.90. The highest BCUT2D eigenvalue weighted by Crippen LogP contribution is 2.19. The van der Waals surface area contributed by atoms with Gasteiger partial charge >= 0.3 is 0 Å². The van der Waals surface area contributed by atoms with E-state index in [9.17, 15) is 0 Å². The lowest BCUT2D eigenvalue weighted by Gasteiger charge is -2.03. The molecule has 0 saturated heterocycles. The van der Waals surface area contributed by atoms with Crippen LogP contribution < -0.4 is 4.90 Å². The van der Waals surface area contributed by atoms with Crippen molar-refractivity contribution in [1.82, 2.24) is 15.2 Å². The predicted octanol–water partition coefficient (Wildman–Crippen LogP) is 2.19. The second-order valence-electron chi connectivity index (χ2n) is 3.39. The van der Waals surface area contributed by atoms with Crippen molar-refractivity contribution >= 4 is 17.5 Å². The van der Waals surface area contributed by atoms with Gasteiger partial charge in [-0.2, -0.15) is 4.98 Å². The molecule has 2 aromatic rings. The number of nitrogens with zero attached hydrogens (tertiary/aromatic N) is 3. The number of H-pyrrole nitrogens is 1. The Kier molecular flexibility index (Phi) is 2.60. The molecule has 0 aliphatic heterocycles. The summed E-state index contributed by atoms with van der Waals surface area (Å²) in [5.41, 5.74) is 0.972. The zero-order valence-corrected chi connectivity index (χ0v) is 9.28. The molecule has 0 radical (unpaired) electrons. The highest BCUT2D eigenvalue weighted by Gasteiger charge is 2.06. The Morgan fingerprint density at radius 1 is 1.20 bits per heavy atom. The molecule has 0 bridgehead atoms. The molecule has 1 N–H and O–H groups in total. The number of aromatic nitrogens is 3. The smallest absolute Gasteiger partial charge is 0.244 e. The van der Waals surface area contributed by atoms with Gasteiger partial charge in [0.1, 0.15) is 0 Å². The summed E-state index contributed by atoms with van der Waals surface area (Å²) in [6.45, 7) is 0. The summed E-state index contributed by atoms with van der Waals surface area (Å²) in [5, 5.41) is 7.66. The molecule has 4 nitrogen and oxygen atoms in total. The molecule has 5 heteroatoms. The quantitative estimate of drug-likeness (QED) is 0.847. The van der Waals surface area contributed by atoms with Gasteiger partial charge < -0.3 is 4.90 Å². The fourth-order valence-corrected chi connectivity index (χ4v) is 1.32. The van der Waals surface area contributed by atoms with Crippen molar-refractivity contribution in [2.45, 2.75) is 0 Å². The van der Waals surface area contributed by atoms with Crippen LogP contribution in [0.25, 0.3) is 11.4 Å². The third kappa shape index (κ3) is 2.10. The van der Waals surface area contributed by atoms with Gasteiger partial charge in [-0.3, -0.25) is 5.10 Å². The monoisotopic (exact) mass is 222 g/mol. The highest BCUT2D eigenvalue weighted by atomic mass is 35.5. The first-order valence-corrected chi connectivity index (χ1v) is 4.90. The Morgan fingerprint density at radius 3 is 2.40 bits per heavy atom. The van der Waals surface area contributed by atoms with Crippen LogP contribution >= 0.6 is 11.6 Å². The first-order valence-electron chi connectivity index (χ1n) is 4.52. The Hall–Kier alpha value is -1.55. The maximum absolute atomic E-state index is 5.80. The van der Waals surface area contributed by atoms with Crippen molar-refractivity contribution < 1.29 is 0 Å². The molecule has 1 aromatic heterocycles. The molecular weight excluding hydrogens is 212 g/mol. The summed E-state index contributed by atoms with van der Waals surface area (Å²) in [6.07, 6.45) is 0. The number of rotatable bonds is 2. The molecule has 15 heavy (non-hydrogen) atoms. The Balaban J connectivity index is 2.33. The SMILES string of the molecule is CN(C)c1n[nH]c(-c2ccc(Cl)cc2)n1. The van der Waals surface area contributed by atoms with Crippen molar-refractivity contribution in [2.24, 2.45) is 0 Å². The van der Waals surface area contributed by atoms with E-state index >= 15 is 0 Å². The van der Waals surface area contributed by atoms with Crippen molar-refractivity contribution in [3.8, 4) is 11.4 Å². The van der Waals surface area contributed by atoms with Gasteiger partial charge in [0, 0.05) is 24.7 Å². The number of anilines is 1. The van der Waals surface area contributed by atoms with Gasteiger partial charge in [0.15, 0.2) is 5.82 Å². The van der Waals surface area contributed by atoms with E-state index < -0.39 is 0 Å². The van der Waals surface area contributed by atoms with Gasteiger partial charge in [-0.25, -0.2) is 0 Å². The van der Waals surface area contributed by atoms with Crippen LogP contribution in [0.15, 0.2) is 24.3 Å². The summed E-state index contributed by atoms with van der Waals surface area (Å²) in [6, 6.07) is 7.47. The third-order valence-corrected chi connectivity index (χ3v) is 2.24. The summed E-state index contributed by atoms with van der Waals surface area (Å²) in [4.78, 5) is 6.17. The van der Waals surface area contributed by atoms with E-state index in [1.807, 2.05) is 43.3 Å². The molecule has 0 spiro atoms. The maximum Gasteiger partial charge on any atom is 0.244 e. The molecule has 0 amide bonds. The predicted molar refractivity (Wildman–Crippen MR) is 61.2 cm³/mol. The maximum atomic E-state index is 5.80. The molecule has 0 aliphatic rings. The summed E-state index contributed by atoms with van der Waals surface area (Å²) >= 11 is 5.80. The Labute approximate surface area is 92.9 Å². The molecule has 0 saturated carbocycles. The highest BCUT2D eigenvalue weighted by molar-refractivity contribution is 6.30. The molecule has 1 heterocycles. The fourth-order valence-electron chi connectivity index (χ4n) is 1.19. The summed E-state index contributed by atoms with van der Waals surface area (Å²) < 4.78 is 0. The van der Waals surface area contributed by atoms with Crippen molar-refractivity contribution in [3.63, 3.8) is 0 Å². The lowest BCUT2D eigenvalue weighted by molar-refractivity contribution is 0.999. The average Bonchev–Trinajstić information content (AvgIpc) is 2.68. The topological polar surface area (TPSA) is 44.8 Å². The number of benzene rings is 1. The van der Waals surface area contributed by atoms with Crippen molar-refractivity contribution in [2.75, 3.05) is 19.0 Å². The van der Waals surface area contributed by atoms with Gasteiger partial charge in [-0.05, 0) is 24.3 Å². The van der Waals surface area contributed by atoms with Crippen LogP contribution in [-0.2, 0) is 0 Å². The molecular formula is C10H11ClN4. The number of hydrogen-bond donors (Lipinski definition) is 1. The zero-order valence-electron chi connectivity index (χ0n) is 8.53. The van der Waals surface area contributed by atoms with Crippen LogP contribution in [0, 0.1) is 0 Å². The standard InChI is InChI=1S/C10H11ClN4/c1-15(2)10-12-9(13-14-10)7-3-5-8(11)6-4-7/h3-6H,1-2H3,(H,12,13,14). The molecule has 1 aromatic carbocycles. The van der Waals surface area contributed by atoms with Crippen LogP contribution in [-0.4, -0.2) is 29.3 Å². The van der Waals surface area contributed by atoms with Crippen LogP contribution in [0.4, 0.5) is 5.95 Å². The van der Waals surface area contributed by atoms with Crippen LogP contribution in [0.5, 0.6) is 0 Å². The minimum Gasteiger partial charge on any atom is -0.346 e. The first-order chi connectivity index (χ1) is 7.16. The van der Waals surface area contributed by atoms with Crippen LogP contribution in [0.2, 0.25) is 5.02 Å². The number of nitrogens with one attached hydrogen (secondary N) is 1. The minimum atomic E-state index is 0.667. The van der Waals surface area contributed by atoms with E-state index in [1.165, 1.54) is 0 Å². The molecule has 78 valence electrons. The van der Waals surface area contributed by atoms with E-state index in [2.05, 4.69) is 15.2 Å². The van der Waals surface area contributed by atoms with Crippen LogP contribution in [0.1, 0.15) is 0 Å². The lowest BCUT2D eigenvalue weighted by Crippen LogP contribution is -2.10. The zero-order chi connectivity index (χ0) is 10.8. The van der Waals surface area contributed by atoms with Gasteiger partial charge in [0.2, 0.25) is 5.95 Å². The van der Waals surface area contributed by atoms with E-state index in [4.69, 9.17) is 11.6 Å². The molecule has 0 fully saturated rings.